The molecule has 5 saturated heterocycles. The van der Waals surface area contributed by atoms with Crippen molar-refractivity contribution in [1.82, 2.24) is 0 Å². The lowest BCUT2D eigenvalue weighted by Crippen LogP contribution is -2.66. The van der Waals surface area contributed by atoms with E-state index in [4.69, 9.17) is 37.9 Å². The normalized spacial score (nSPS) is 60.6. The van der Waals surface area contributed by atoms with Crippen LogP contribution in [0.25, 0.3) is 0 Å². The van der Waals surface area contributed by atoms with Gasteiger partial charge in [0.2, 0.25) is 0 Å². The van der Waals surface area contributed by atoms with E-state index in [1.807, 2.05) is 0 Å². The molecule has 0 aromatic carbocycles. The van der Waals surface area contributed by atoms with Gasteiger partial charge in [0.05, 0.1) is 48.8 Å². The fourth-order valence-electron chi connectivity index (χ4n) is 16.7. The van der Waals surface area contributed by atoms with Crippen molar-refractivity contribution in [2.24, 2.45) is 93.7 Å². The van der Waals surface area contributed by atoms with Gasteiger partial charge in [-0.1, -0.05) is 90.0 Å². The molecular weight excluding hydrogens is 793 g/mol. The van der Waals surface area contributed by atoms with Gasteiger partial charge in [0, 0.05) is 36.5 Å². The molecule has 9 rings (SSSR count). The summed E-state index contributed by atoms with van der Waals surface area (Å²) in [6, 6.07) is 0. The van der Waals surface area contributed by atoms with Gasteiger partial charge in [-0.2, -0.15) is 0 Å². The Morgan fingerprint density at radius 3 is 1.86 bits per heavy atom. The van der Waals surface area contributed by atoms with Crippen LogP contribution in [-0.2, 0) is 37.9 Å². The highest BCUT2D eigenvalue weighted by Crippen LogP contribution is 2.72. The van der Waals surface area contributed by atoms with Crippen LogP contribution in [0.3, 0.4) is 0 Å². The topological polar surface area (TPSA) is 94.1 Å². The molecule has 1 N–H and O–H groups in total. The summed E-state index contributed by atoms with van der Waals surface area (Å²) in [5.41, 5.74) is -0.754. The molecule has 28 atom stereocenters. The molecule has 5 heterocycles. The fourth-order valence-corrected chi connectivity index (χ4v) is 16.7. The Bertz CT molecular complexity index is 1600. The van der Waals surface area contributed by atoms with E-state index < -0.39 is 24.3 Å². The van der Waals surface area contributed by atoms with Gasteiger partial charge in [0.1, 0.15) is 6.10 Å². The Morgan fingerprint density at radius 1 is 0.619 bits per heavy atom. The van der Waals surface area contributed by atoms with Crippen LogP contribution in [0.4, 0.5) is 0 Å². The summed E-state index contributed by atoms with van der Waals surface area (Å²) in [5, 5.41) is 13.2. The lowest BCUT2D eigenvalue weighted by atomic mass is 9.42. The molecule has 9 fully saturated rings. The largest absolute Gasteiger partial charge is 0.389 e. The Labute approximate surface area is 383 Å². The van der Waals surface area contributed by atoms with E-state index >= 15 is 0 Å². The first-order valence-corrected chi connectivity index (χ1v) is 26.6. The summed E-state index contributed by atoms with van der Waals surface area (Å²) in [5.74, 6) is 5.34. The Hall–Kier alpha value is -0.360. The van der Waals surface area contributed by atoms with Gasteiger partial charge < -0.3 is 43.0 Å². The molecule has 1 spiro atoms. The average Bonchev–Trinajstić information content (AvgIpc) is 3.69. The molecule has 63 heavy (non-hydrogen) atoms. The smallest absolute Gasteiger partial charge is 0.187 e. The molecule has 5 aliphatic heterocycles. The van der Waals surface area contributed by atoms with Crippen molar-refractivity contribution in [2.75, 3.05) is 6.61 Å². The predicted octanol–water partition coefficient (Wildman–Crippen LogP) is 11.0. The SMILES string of the molecule is CCC1OC(OC2CC3(O)CCC4C5CC6OC7(CCC(C)CO7)C(C)C6C5(C)CCC4C3(C)CC2C)C(OC2OC(C)C(C)C(C)C2C)C(OC2OC(C)C(C)C(C)C2C)C1C. The van der Waals surface area contributed by atoms with E-state index in [0.717, 1.165) is 45.1 Å². The van der Waals surface area contributed by atoms with Crippen LogP contribution in [0.15, 0.2) is 0 Å². The van der Waals surface area contributed by atoms with Crippen molar-refractivity contribution in [3.63, 3.8) is 0 Å². The second kappa shape index (κ2) is 17.2. The number of aliphatic hydroxyl groups is 1. The lowest BCUT2D eigenvalue weighted by molar-refractivity contribution is -0.379. The van der Waals surface area contributed by atoms with Crippen LogP contribution in [0.2, 0.25) is 0 Å². The molecular formula is C54H92O9. The molecule has 9 aliphatic rings. The standard InChI is InChI=1S/C54H92O9/c1-16-42-35(10)46(61-48-33(8)29(4)31(6)37(12)57-48)47(62-49-34(9)30(5)32(7)38(13)58-49)50(59-42)60-44-25-53(55)21-18-39-40(52(53,15)24-28(44)3)19-20-51(14)41(39)23-43-45(51)36(11)54(63-43)22-17-27(2)26-56-54/h27-50,55H,16-26H2,1-15H3. The van der Waals surface area contributed by atoms with Gasteiger partial charge in [-0.05, 0) is 135 Å². The number of ether oxygens (including phenoxy) is 8. The first-order chi connectivity index (χ1) is 29.7. The molecule has 0 radical (unpaired) electrons. The summed E-state index contributed by atoms with van der Waals surface area (Å²) in [6.45, 7) is 35.6. The van der Waals surface area contributed by atoms with E-state index in [2.05, 4.69) is 104 Å². The van der Waals surface area contributed by atoms with Gasteiger partial charge >= 0.3 is 0 Å². The third-order valence-corrected chi connectivity index (χ3v) is 22.1. The minimum absolute atomic E-state index is 0.0460. The molecule has 0 aromatic rings. The highest BCUT2D eigenvalue weighted by atomic mass is 16.8. The monoisotopic (exact) mass is 885 g/mol. The van der Waals surface area contributed by atoms with Gasteiger partial charge in [-0.15, -0.1) is 0 Å². The molecule has 362 valence electrons. The summed E-state index contributed by atoms with van der Waals surface area (Å²) in [6.07, 6.45) is 7.94. The Kier molecular flexibility index (Phi) is 13.1. The summed E-state index contributed by atoms with van der Waals surface area (Å²) in [4.78, 5) is 0. The molecule has 9 nitrogen and oxygen atoms in total. The minimum Gasteiger partial charge on any atom is -0.389 e. The van der Waals surface area contributed by atoms with Crippen molar-refractivity contribution in [3.05, 3.63) is 0 Å². The molecule has 0 amide bonds. The third kappa shape index (κ3) is 7.62. The maximum Gasteiger partial charge on any atom is 0.187 e. The minimum atomic E-state index is -0.817. The third-order valence-electron chi connectivity index (χ3n) is 22.1. The molecule has 4 saturated carbocycles. The van der Waals surface area contributed by atoms with Crippen molar-refractivity contribution < 1.29 is 43.0 Å². The van der Waals surface area contributed by atoms with Crippen LogP contribution in [0, 0.1) is 93.7 Å². The summed E-state index contributed by atoms with van der Waals surface area (Å²) in [7, 11) is 0. The van der Waals surface area contributed by atoms with Crippen LogP contribution in [0.1, 0.15) is 168 Å². The lowest BCUT2D eigenvalue weighted by Gasteiger charge is -2.65. The summed E-state index contributed by atoms with van der Waals surface area (Å²) >= 11 is 0. The Balaban J connectivity index is 0.953. The highest BCUT2D eigenvalue weighted by molar-refractivity contribution is 5.18. The first-order valence-electron chi connectivity index (χ1n) is 26.6. The molecule has 28 unspecified atom stereocenters. The van der Waals surface area contributed by atoms with E-state index in [1.54, 1.807) is 0 Å². The van der Waals surface area contributed by atoms with Gasteiger partial charge in [-0.3, -0.25) is 0 Å². The molecule has 9 heteroatoms. The van der Waals surface area contributed by atoms with E-state index in [-0.39, 0.29) is 83.2 Å². The van der Waals surface area contributed by atoms with E-state index in [1.165, 1.54) is 19.3 Å². The molecule has 0 bridgehead atoms. The van der Waals surface area contributed by atoms with E-state index in [9.17, 15) is 5.11 Å². The van der Waals surface area contributed by atoms with Crippen molar-refractivity contribution in [3.8, 4) is 0 Å². The zero-order valence-electron chi connectivity index (χ0n) is 42.3. The maximum atomic E-state index is 13.2. The van der Waals surface area contributed by atoms with Gasteiger partial charge in [0.25, 0.3) is 0 Å². The number of hydrogen-bond acceptors (Lipinski definition) is 9. The predicted molar refractivity (Wildman–Crippen MR) is 244 cm³/mol. The van der Waals surface area contributed by atoms with Gasteiger partial charge in [-0.25, -0.2) is 0 Å². The second-order valence-electron chi connectivity index (χ2n) is 25.0. The average molecular weight is 885 g/mol. The maximum absolute atomic E-state index is 13.2. The first kappa shape index (κ1) is 47.7. The quantitative estimate of drug-likeness (QED) is 0.251. The molecule has 0 aromatic heterocycles. The van der Waals surface area contributed by atoms with Crippen LogP contribution in [-0.4, -0.2) is 84.7 Å². The van der Waals surface area contributed by atoms with Crippen LogP contribution in [0.5, 0.6) is 0 Å². The molecule has 4 aliphatic carbocycles. The second-order valence-corrected chi connectivity index (χ2v) is 25.0. The highest BCUT2D eigenvalue weighted by Gasteiger charge is 2.71. The van der Waals surface area contributed by atoms with Crippen molar-refractivity contribution in [1.29, 1.82) is 0 Å². The number of hydrogen-bond donors (Lipinski definition) is 1. The number of rotatable bonds is 7. The van der Waals surface area contributed by atoms with Gasteiger partial charge in [0.15, 0.2) is 24.7 Å². The van der Waals surface area contributed by atoms with Crippen LogP contribution < -0.4 is 0 Å². The zero-order valence-corrected chi connectivity index (χ0v) is 42.3. The Morgan fingerprint density at radius 2 is 1.25 bits per heavy atom. The zero-order chi connectivity index (χ0) is 45.3. The number of fused-ring (bicyclic) bond motifs is 7. The summed E-state index contributed by atoms with van der Waals surface area (Å²) < 4.78 is 56.1. The van der Waals surface area contributed by atoms with Crippen molar-refractivity contribution in [2.45, 2.75) is 241 Å². The van der Waals surface area contributed by atoms with E-state index in [0.29, 0.717) is 65.6 Å². The van der Waals surface area contributed by atoms with Crippen LogP contribution >= 0.6 is 0 Å². The van der Waals surface area contributed by atoms with Crippen molar-refractivity contribution >= 4 is 0 Å². The fraction of sp³-hybridized carbons (Fsp3) is 1.00.